The number of sulfonamides is 1. The van der Waals surface area contributed by atoms with Crippen LogP contribution in [0, 0.1) is 6.92 Å². The molecule has 2 aromatic carbocycles. The van der Waals surface area contributed by atoms with Gasteiger partial charge in [0.2, 0.25) is 10.0 Å². The van der Waals surface area contributed by atoms with Crippen molar-refractivity contribution >= 4 is 27.3 Å². The van der Waals surface area contributed by atoms with Crippen LogP contribution in [0.5, 0.6) is 5.75 Å². The lowest BCUT2D eigenvalue weighted by atomic mass is 10.1. The van der Waals surface area contributed by atoms with Crippen molar-refractivity contribution in [2.75, 3.05) is 30.4 Å². The highest BCUT2D eigenvalue weighted by Gasteiger charge is 2.26. The lowest BCUT2D eigenvalue weighted by molar-refractivity contribution is 0.102. The van der Waals surface area contributed by atoms with E-state index < -0.39 is 15.6 Å². The molecular weight excluding hydrogens is 414 g/mol. The molecule has 0 spiro atoms. The molecule has 0 atom stereocenters. The van der Waals surface area contributed by atoms with Gasteiger partial charge in [0.05, 0.1) is 7.11 Å². The van der Waals surface area contributed by atoms with E-state index in [1.165, 1.54) is 37.8 Å². The molecule has 3 rings (SSSR count). The van der Waals surface area contributed by atoms with Crippen LogP contribution in [0.1, 0.15) is 49.5 Å². The maximum Gasteiger partial charge on any atom is 0.255 e. The number of anilines is 2. The summed E-state index contributed by atoms with van der Waals surface area (Å²) in [6.07, 6.45) is 2.40. The monoisotopic (exact) mass is 445 g/mol. The van der Waals surface area contributed by atoms with Crippen LogP contribution in [-0.2, 0) is 10.0 Å². The Morgan fingerprint density at radius 3 is 2.32 bits per heavy atom. The van der Waals surface area contributed by atoms with E-state index in [-0.39, 0.29) is 22.1 Å². The molecule has 2 aromatic rings. The van der Waals surface area contributed by atoms with Crippen LogP contribution in [0.25, 0.3) is 0 Å². The van der Waals surface area contributed by atoms with Crippen LogP contribution in [0.4, 0.5) is 11.4 Å². The first-order valence-electron chi connectivity index (χ1n) is 10.4. The first-order valence-corrected chi connectivity index (χ1v) is 11.9. The molecule has 31 heavy (non-hydrogen) atoms. The number of carbonyl (C=O) groups is 1. The number of carbonyl (C=O) groups excluding carboxylic acids is 1. The summed E-state index contributed by atoms with van der Waals surface area (Å²) in [5.74, 6) is -0.206. The Morgan fingerprint density at radius 1 is 1.06 bits per heavy atom. The maximum atomic E-state index is 12.9. The number of hydrogen-bond donors (Lipinski definition) is 2. The zero-order chi connectivity index (χ0) is 22.8. The molecule has 1 aliphatic rings. The lowest BCUT2D eigenvalue weighted by Crippen LogP contribution is -2.40. The molecule has 1 heterocycles. The second kappa shape index (κ2) is 8.88. The topological polar surface area (TPSA) is 87.7 Å². The molecule has 0 aromatic heterocycles. The molecule has 1 amide bonds. The van der Waals surface area contributed by atoms with Gasteiger partial charge in [0, 0.05) is 35.6 Å². The Bertz CT molecular complexity index is 1070. The summed E-state index contributed by atoms with van der Waals surface area (Å²) < 4.78 is 33.5. The summed E-state index contributed by atoms with van der Waals surface area (Å²) in [4.78, 5) is 15.1. The molecule has 0 aliphatic carbocycles. The van der Waals surface area contributed by atoms with Crippen LogP contribution in [0.15, 0.2) is 41.3 Å². The van der Waals surface area contributed by atoms with Gasteiger partial charge in [0.1, 0.15) is 10.6 Å². The summed E-state index contributed by atoms with van der Waals surface area (Å²) in [6.45, 7) is 9.39. The number of benzene rings is 2. The van der Waals surface area contributed by atoms with Crippen molar-refractivity contribution < 1.29 is 17.9 Å². The van der Waals surface area contributed by atoms with Gasteiger partial charge < -0.3 is 15.0 Å². The van der Waals surface area contributed by atoms with Gasteiger partial charge in [-0.2, -0.15) is 0 Å². The second-order valence-electron chi connectivity index (χ2n) is 8.87. The van der Waals surface area contributed by atoms with Crippen LogP contribution >= 0.6 is 0 Å². The zero-order valence-corrected chi connectivity index (χ0v) is 19.6. The molecule has 1 aliphatic heterocycles. The van der Waals surface area contributed by atoms with E-state index in [0.717, 1.165) is 18.7 Å². The standard InChI is InChI=1S/C23H31N3O4S/c1-16-14-18(9-10-19(16)26-12-6-7-13-26)24-22(27)17-8-11-20(30-5)21(15-17)31(28,29)25-23(2,3)4/h8-11,14-15,25H,6-7,12-13H2,1-5H3,(H,24,27). The molecule has 0 bridgehead atoms. The Morgan fingerprint density at radius 2 is 1.74 bits per heavy atom. The number of amides is 1. The number of hydrogen-bond acceptors (Lipinski definition) is 5. The normalized spacial score (nSPS) is 14.5. The minimum Gasteiger partial charge on any atom is -0.495 e. The minimum atomic E-state index is -3.87. The lowest BCUT2D eigenvalue weighted by Gasteiger charge is -2.22. The minimum absolute atomic E-state index is 0.0712. The molecule has 0 unspecified atom stereocenters. The third-order valence-corrected chi connectivity index (χ3v) is 6.84. The van der Waals surface area contributed by atoms with E-state index in [1.54, 1.807) is 26.8 Å². The number of methoxy groups -OCH3 is 1. The first-order chi connectivity index (χ1) is 14.5. The molecule has 1 fully saturated rings. The fraction of sp³-hybridized carbons (Fsp3) is 0.435. The fourth-order valence-electron chi connectivity index (χ4n) is 3.74. The van der Waals surface area contributed by atoms with Gasteiger partial charge in [-0.25, -0.2) is 13.1 Å². The second-order valence-corrected chi connectivity index (χ2v) is 10.5. The SMILES string of the molecule is COc1ccc(C(=O)Nc2ccc(N3CCCC3)c(C)c2)cc1S(=O)(=O)NC(C)(C)C. The molecular formula is C23H31N3O4S. The molecule has 0 radical (unpaired) electrons. The van der Waals surface area contributed by atoms with E-state index in [0.29, 0.717) is 5.69 Å². The fourth-order valence-corrected chi connectivity index (χ4v) is 5.35. The molecule has 1 saturated heterocycles. The van der Waals surface area contributed by atoms with Gasteiger partial charge in [-0.3, -0.25) is 4.79 Å². The Labute approximate surface area is 184 Å². The average molecular weight is 446 g/mol. The summed E-state index contributed by atoms with van der Waals surface area (Å²) >= 11 is 0. The third-order valence-electron chi connectivity index (χ3n) is 5.06. The van der Waals surface area contributed by atoms with Crippen LogP contribution in [0.3, 0.4) is 0 Å². The van der Waals surface area contributed by atoms with Crippen molar-refractivity contribution in [1.82, 2.24) is 4.72 Å². The average Bonchev–Trinajstić information content (AvgIpc) is 3.20. The van der Waals surface area contributed by atoms with E-state index in [1.807, 2.05) is 25.1 Å². The van der Waals surface area contributed by atoms with Crippen molar-refractivity contribution in [2.45, 2.75) is 51.0 Å². The summed E-state index contributed by atoms with van der Waals surface area (Å²) in [6, 6.07) is 10.2. The highest BCUT2D eigenvalue weighted by atomic mass is 32.2. The number of nitrogens with zero attached hydrogens (tertiary/aromatic N) is 1. The molecule has 2 N–H and O–H groups in total. The van der Waals surface area contributed by atoms with Crippen molar-refractivity contribution in [2.24, 2.45) is 0 Å². The van der Waals surface area contributed by atoms with Crippen molar-refractivity contribution in [1.29, 1.82) is 0 Å². The summed E-state index contributed by atoms with van der Waals surface area (Å²) in [5.41, 5.74) is 2.50. The summed E-state index contributed by atoms with van der Waals surface area (Å²) in [5, 5.41) is 2.87. The largest absolute Gasteiger partial charge is 0.495 e. The number of aryl methyl sites for hydroxylation is 1. The molecule has 8 heteroatoms. The predicted octanol–water partition coefficient (Wildman–Crippen LogP) is 3.93. The van der Waals surface area contributed by atoms with Gasteiger partial charge in [-0.15, -0.1) is 0 Å². The van der Waals surface area contributed by atoms with E-state index in [4.69, 9.17) is 4.74 Å². The first kappa shape index (κ1) is 23.1. The van der Waals surface area contributed by atoms with E-state index in [9.17, 15) is 13.2 Å². The molecule has 168 valence electrons. The van der Waals surface area contributed by atoms with E-state index >= 15 is 0 Å². The predicted molar refractivity (Wildman–Crippen MR) is 124 cm³/mol. The van der Waals surface area contributed by atoms with Crippen LogP contribution < -0.4 is 19.7 Å². The smallest absolute Gasteiger partial charge is 0.255 e. The third kappa shape index (κ3) is 5.57. The Balaban J connectivity index is 1.84. The Kier molecular flexibility index (Phi) is 6.62. The number of rotatable bonds is 6. The van der Waals surface area contributed by atoms with E-state index in [2.05, 4.69) is 14.9 Å². The van der Waals surface area contributed by atoms with Gasteiger partial charge in [0.25, 0.3) is 5.91 Å². The van der Waals surface area contributed by atoms with Gasteiger partial charge in [-0.1, -0.05) is 0 Å². The quantitative estimate of drug-likeness (QED) is 0.703. The maximum absolute atomic E-state index is 12.9. The zero-order valence-electron chi connectivity index (χ0n) is 18.8. The van der Waals surface area contributed by atoms with Crippen molar-refractivity contribution in [3.05, 3.63) is 47.5 Å². The summed E-state index contributed by atoms with van der Waals surface area (Å²) in [7, 11) is -2.47. The molecule has 7 nitrogen and oxygen atoms in total. The van der Waals surface area contributed by atoms with Gasteiger partial charge in [-0.05, 0) is 82.5 Å². The van der Waals surface area contributed by atoms with Crippen molar-refractivity contribution in [3.8, 4) is 5.75 Å². The highest BCUT2D eigenvalue weighted by molar-refractivity contribution is 7.89. The van der Waals surface area contributed by atoms with Gasteiger partial charge >= 0.3 is 0 Å². The van der Waals surface area contributed by atoms with Crippen LogP contribution in [0.2, 0.25) is 0 Å². The number of nitrogens with one attached hydrogen (secondary N) is 2. The van der Waals surface area contributed by atoms with Crippen molar-refractivity contribution in [3.63, 3.8) is 0 Å². The molecule has 0 saturated carbocycles. The Hall–Kier alpha value is -2.58. The van der Waals surface area contributed by atoms with Crippen LogP contribution in [-0.4, -0.2) is 40.1 Å². The number of ether oxygens (including phenoxy) is 1. The van der Waals surface area contributed by atoms with Gasteiger partial charge in [0.15, 0.2) is 0 Å². The highest BCUT2D eigenvalue weighted by Crippen LogP contribution is 2.28.